The monoisotopic (exact) mass is 307 g/mol. The number of nitrogens with one attached hydrogen (secondary N) is 1. The van der Waals surface area contributed by atoms with Crippen LogP contribution in [0.25, 0.3) is 10.9 Å². The molecule has 1 N–H and O–H groups in total. The fourth-order valence-electron chi connectivity index (χ4n) is 1.97. The third kappa shape index (κ3) is 3.82. The topological polar surface area (TPSA) is 64.0 Å². The van der Waals surface area contributed by atoms with E-state index in [2.05, 4.69) is 10.4 Å². The van der Waals surface area contributed by atoms with Crippen LogP contribution in [-0.2, 0) is 4.79 Å². The van der Waals surface area contributed by atoms with Gasteiger partial charge < -0.3 is 5.32 Å². The highest BCUT2D eigenvalue weighted by molar-refractivity contribution is 6.31. The zero-order chi connectivity index (χ0) is 15.4. The van der Waals surface area contributed by atoms with Gasteiger partial charge in [-0.15, -0.1) is 0 Å². The minimum absolute atomic E-state index is 0.117. The van der Waals surface area contributed by atoms with Gasteiger partial charge in [-0.3, -0.25) is 9.59 Å². The lowest BCUT2D eigenvalue weighted by atomic mass is 10.2. The highest BCUT2D eigenvalue weighted by Gasteiger charge is 2.13. The van der Waals surface area contributed by atoms with E-state index in [9.17, 15) is 9.59 Å². The summed E-state index contributed by atoms with van der Waals surface area (Å²) in [6, 6.07) is 5.38. The summed E-state index contributed by atoms with van der Waals surface area (Å²) in [4.78, 5) is 23.9. The van der Waals surface area contributed by atoms with Gasteiger partial charge in [0.05, 0.1) is 11.7 Å². The quantitative estimate of drug-likeness (QED) is 0.923. The van der Waals surface area contributed by atoms with Crippen LogP contribution in [0.15, 0.2) is 24.4 Å². The second-order valence-corrected chi connectivity index (χ2v) is 5.47. The predicted octanol–water partition coefficient (Wildman–Crippen LogP) is 3.02. The maximum Gasteiger partial charge on any atom is 0.247 e. The van der Waals surface area contributed by atoms with E-state index < -0.39 is 0 Å². The summed E-state index contributed by atoms with van der Waals surface area (Å²) in [5, 5.41) is 8.29. The molecule has 1 aromatic heterocycles. The summed E-state index contributed by atoms with van der Waals surface area (Å²) >= 11 is 5.94. The number of amides is 1. The molecule has 2 aromatic rings. The molecule has 0 saturated heterocycles. The van der Waals surface area contributed by atoms with E-state index in [1.807, 2.05) is 19.9 Å². The Labute approximate surface area is 128 Å². The normalized spacial score (nSPS) is 12.3. The first-order valence-electron chi connectivity index (χ1n) is 6.97. The average molecular weight is 308 g/mol. The fourth-order valence-corrected chi connectivity index (χ4v) is 2.13. The Kier molecular flexibility index (Phi) is 4.96. The van der Waals surface area contributed by atoms with E-state index in [4.69, 9.17) is 11.6 Å². The lowest BCUT2D eigenvalue weighted by Crippen LogP contribution is -2.32. The van der Waals surface area contributed by atoms with E-state index >= 15 is 0 Å². The number of carbonyl (C=O) groups is 2. The van der Waals surface area contributed by atoms with Gasteiger partial charge >= 0.3 is 0 Å². The molecule has 0 aliphatic heterocycles. The number of hydrogen-bond donors (Lipinski definition) is 1. The van der Waals surface area contributed by atoms with Crippen molar-refractivity contribution in [3.63, 3.8) is 0 Å². The van der Waals surface area contributed by atoms with Crippen LogP contribution in [0.3, 0.4) is 0 Å². The Hall–Kier alpha value is -1.88. The van der Waals surface area contributed by atoms with E-state index in [1.165, 1.54) is 4.68 Å². The highest BCUT2D eigenvalue weighted by atomic mass is 35.5. The molecule has 2 rings (SSSR count). The number of nitrogens with zero attached hydrogens (tertiary/aromatic N) is 2. The highest BCUT2D eigenvalue weighted by Crippen LogP contribution is 2.19. The van der Waals surface area contributed by atoms with Crippen LogP contribution in [0.5, 0.6) is 0 Å². The summed E-state index contributed by atoms with van der Waals surface area (Å²) in [5.74, 6) is -0.334. The number of fused-ring (bicyclic) bond motifs is 1. The average Bonchev–Trinajstić information content (AvgIpc) is 2.87. The molecule has 0 spiro atoms. The molecule has 1 heterocycles. The van der Waals surface area contributed by atoms with E-state index in [-0.39, 0.29) is 30.7 Å². The van der Waals surface area contributed by atoms with Crippen molar-refractivity contribution in [3.05, 3.63) is 29.4 Å². The summed E-state index contributed by atoms with van der Waals surface area (Å²) in [6.07, 6.45) is 2.75. The molecule has 0 aliphatic carbocycles. The Bertz CT molecular complexity index is 666. The summed E-state index contributed by atoms with van der Waals surface area (Å²) in [7, 11) is 0. The van der Waals surface area contributed by atoms with Gasteiger partial charge in [-0.2, -0.15) is 5.10 Å². The Balaban J connectivity index is 2.02. The number of halogens is 1. The molecule has 0 bridgehead atoms. The third-order valence-electron chi connectivity index (χ3n) is 3.35. The van der Waals surface area contributed by atoms with Crippen LogP contribution in [0.1, 0.15) is 37.9 Å². The second kappa shape index (κ2) is 6.72. The predicted molar refractivity (Wildman–Crippen MR) is 82.5 cm³/mol. The van der Waals surface area contributed by atoms with Crippen LogP contribution >= 0.6 is 11.6 Å². The molecular weight excluding hydrogens is 290 g/mol. The van der Waals surface area contributed by atoms with Crippen molar-refractivity contribution in [2.24, 2.45) is 0 Å². The van der Waals surface area contributed by atoms with E-state index in [0.717, 1.165) is 11.8 Å². The number of rotatable bonds is 5. The van der Waals surface area contributed by atoms with Gasteiger partial charge in [-0.25, -0.2) is 4.68 Å². The zero-order valence-corrected chi connectivity index (χ0v) is 12.9. The fraction of sp³-hybridized carbons (Fsp3) is 0.400. The van der Waals surface area contributed by atoms with Crippen LogP contribution in [-0.4, -0.2) is 27.6 Å². The molecular formula is C15H18ClN3O2. The molecule has 1 aromatic carbocycles. The maximum atomic E-state index is 12.2. The third-order valence-corrected chi connectivity index (χ3v) is 3.59. The molecule has 0 fully saturated rings. The van der Waals surface area contributed by atoms with Gasteiger partial charge in [0.25, 0.3) is 0 Å². The summed E-state index contributed by atoms with van der Waals surface area (Å²) in [6.45, 7) is 3.93. The number of aromatic nitrogens is 2. The van der Waals surface area contributed by atoms with Crippen molar-refractivity contribution in [2.75, 3.05) is 0 Å². The molecule has 1 atom stereocenters. The molecule has 1 unspecified atom stereocenters. The molecule has 0 aliphatic rings. The Morgan fingerprint density at radius 1 is 1.38 bits per heavy atom. The minimum atomic E-state index is -0.216. The van der Waals surface area contributed by atoms with Gasteiger partial charge in [0.2, 0.25) is 11.8 Å². The first kappa shape index (κ1) is 15.5. The number of hydrogen-bond acceptors (Lipinski definition) is 3. The number of carbonyl (C=O) groups excluding carboxylic acids is 2. The van der Waals surface area contributed by atoms with Crippen molar-refractivity contribution < 1.29 is 9.59 Å². The van der Waals surface area contributed by atoms with Gasteiger partial charge in [0.1, 0.15) is 0 Å². The van der Waals surface area contributed by atoms with Crippen LogP contribution in [0, 0.1) is 0 Å². The minimum Gasteiger partial charge on any atom is -0.354 e. The van der Waals surface area contributed by atoms with Gasteiger partial charge in [0.15, 0.2) is 0 Å². The molecule has 6 heteroatoms. The van der Waals surface area contributed by atoms with Crippen molar-refractivity contribution in [1.29, 1.82) is 0 Å². The molecule has 0 radical (unpaired) electrons. The standard InChI is InChI=1S/C15H18ClN3O2/c1-3-10(2)18-14(20)6-7-15(21)19-13-8-12(16)5-4-11(13)9-17-19/h4-5,8-10H,3,6-7H2,1-2H3,(H,18,20). The zero-order valence-electron chi connectivity index (χ0n) is 12.1. The second-order valence-electron chi connectivity index (χ2n) is 5.03. The molecule has 112 valence electrons. The van der Waals surface area contributed by atoms with Crippen LogP contribution in [0.2, 0.25) is 5.02 Å². The van der Waals surface area contributed by atoms with Crippen molar-refractivity contribution in [1.82, 2.24) is 15.1 Å². The summed E-state index contributed by atoms with van der Waals surface area (Å²) in [5.41, 5.74) is 0.662. The van der Waals surface area contributed by atoms with Gasteiger partial charge in [-0.1, -0.05) is 18.5 Å². The van der Waals surface area contributed by atoms with Crippen molar-refractivity contribution in [2.45, 2.75) is 39.2 Å². The Morgan fingerprint density at radius 3 is 2.86 bits per heavy atom. The number of benzene rings is 1. The first-order chi connectivity index (χ1) is 10.0. The lowest BCUT2D eigenvalue weighted by Gasteiger charge is -2.10. The van der Waals surface area contributed by atoms with Crippen molar-refractivity contribution >= 4 is 34.3 Å². The first-order valence-corrected chi connectivity index (χ1v) is 7.35. The van der Waals surface area contributed by atoms with E-state index in [1.54, 1.807) is 18.3 Å². The largest absolute Gasteiger partial charge is 0.354 e. The summed E-state index contributed by atoms with van der Waals surface area (Å²) < 4.78 is 1.30. The lowest BCUT2D eigenvalue weighted by molar-refractivity contribution is -0.121. The van der Waals surface area contributed by atoms with Crippen molar-refractivity contribution in [3.8, 4) is 0 Å². The van der Waals surface area contributed by atoms with E-state index in [0.29, 0.717) is 10.5 Å². The molecule has 5 nitrogen and oxygen atoms in total. The van der Waals surface area contributed by atoms with Gasteiger partial charge in [-0.05, 0) is 31.5 Å². The maximum absolute atomic E-state index is 12.2. The van der Waals surface area contributed by atoms with Crippen LogP contribution in [0.4, 0.5) is 0 Å². The smallest absolute Gasteiger partial charge is 0.247 e. The molecule has 21 heavy (non-hydrogen) atoms. The molecule has 1 amide bonds. The molecule has 0 saturated carbocycles. The van der Waals surface area contributed by atoms with Crippen LogP contribution < -0.4 is 5.32 Å². The van der Waals surface area contributed by atoms with Gasteiger partial charge in [0, 0.05) is 29.3 Å². The Morgan fingerprint density at radius 2 is 2.14 bits per heavy atom. The SMILES string of the molecule is CCC(C)NC(=O)CCC(=O)n1ncc2ccc(Cl)cc21.